The fourth-order valence-corrected chi connectivity index (χ4v) is 3.74. The van der Waals surface area contributed by atoms with Gasteiger partial charge in [-0.3, -0.25) is 4.79 Å². The number of unbranched alkanes of at least 4 members (excludes halogenated alkanes) is 16. The van der Waals surface area contributed by atoms with Gasteiger partial charge in [-0.05, 0) is 19.3 Å². The van der Waals surface area contributed by atoms with Crippen LogP contribution in [0.25, 0.3) is 0 Å². The van der Waals surface area contributed by atoms with E-state index in [1.807, 2.05) is 0 Å². The molecule has 0 spiro atoms. The molecule has 4 nitrogen and oxygen atoms in total. The summed E-state index contributed by atoms with van der Waals surface area (Å²) in [5.41, 5.74) is 0. The first-order valence-corrected chi connectivity index (χ1v) is 13.0. The summed E-state index contributed by atoms with van der Waals surface area (Å²) in [7, 11) is 0. The van der Waals surface area contributed by atoms with Crippen LogP contribution in [0.2, 0.25) is 0 Å². The van der Waals surface area contributed by atoms with Gasteiger partial charge < -0.3 is 9.47 Å². The molecule has 0 saturated carbocycles. The first-order valence-electron chi connectivity index (χ1n) is 13.0. The van der Waals surface area contributed by atoms with E-state index in [0.717, 1.165) is 25.7 Å². The molecule has 0 radical (unpaired) electrons. The summed E-state index contributed by atoms with van der Waals surface area (Å²) in [6, 6.07) is 0. The molecule has 0 aromatic heterocycles. The molecule has 178 valence electrons. The number of hydrogen-bond donors (Lipinski definition) is 0. The van der Waals surface area contributed by atoms with Crippen molar-refractivity contribution in [2.75, 3.05) is 6.61 Å². The predicted octanol–water partition coefficient (Wildman–Crippen LogP) is 7.91. The summed E-state index contributed by atoms with van der Waals surface area (Å²) >= 11 is 0. The van der Waals surface area contributed by atoms with Crippen LogP contribution in [0.5, 0.6) is 0 Å². The molecule has 0 aliphatic heterocycles. The van der Waals surface area contributed by atoms with Crippen molar-refractivity contribution in [3.8, 4) is 0 Å². The Morgan fingerprint density at radius 2 is 1.00 bits per heavy atom. The number of esters is 2. The van der Waals surface area contributed by atoms with E-state index in [0.29, 0.717) is 13.0 Å². The van der Waals surface area contributed by atoms with Crippen LogP contribution in [0.3, 0.4) is 0 Å². The van der Waals surface area contributed by atoms with Gasteiger partial charge >= 0.3 is 11.9 Å². The van der Waals surface area contributed by atoms with Gasteiger partial charge in [-0.15, -0.1) is 0 Å². The minimum Gasteiger partial charge on any atom is -0.463 e. The zero-order valence-corrected chi connectivity index (χ0v) is 20.4. The molecule has 0 N–H and O–H groups in total. The second-order valence-electron chi connectivity index (χ2n) is 8.71. The normalized spacial score (nSPS) is 12.0. The van der Waals surface area contributed by atoms with E-state index < -0.39 is 12.1 Å². The molecule has 0 aromatic carbocycles. The second kappa shape index (κ2) is 22.6. The monoisotopic (exact) mass is 426 g/mol. The zero-order chi connectivity index (χ0) is 22.3. The average Bonchev–Trinajstić information content (AvgIpc) is 2.72. The molecule has 0 saturated heterocycles. The Kier molecular flexibility index (Phi) is 21.8. The largest absolute Gasteiger partial charge is 0.463 e. The van der Waals surface area contributed by atoms with Crippen molar-refractivity contribution in [3.63, 3.8) is 0 Å². The highest BCUT2D eigenvalue weighted by atomic mass is 16.6. The molecule has 1 atom stereocenters. The molecule has 0 aliphatic carbocycles. The summed E-state index contributed by atoms with van der Waals surface area (Å²) < 4.78 is 10.6. The van der Waals surface area contributed by atoms with E-state index in [-0.39, 0.29) is 5.97 Å². The third kappa shape index (κ3) is 20.2. The molecular formula is C26H50O4. The van der Waals surface area contributed by atoms with Crippen molar-refractivity contribution in [2.45, 2.75) is 149 Å². The maximum Gasteiger partial charge on any atom is 0.347 e. The third-order valence-corrected chi connectivity index (χ3v) is 5.63. The number of carbonyl (C=O) groups is 2. The Balaban J connectivity index is 3.73. The molecule has 0 bridgehead atoms. The van der Waals surface area contributed by atoms with Crippen LogP contribution in [-0.4, -0.2) is 24.6 Å². The fourth-order valence-electron chi connectivity index (χ4n) is 3.74. The lowest BCUT2D eigenvalue weighted by Gasteiger charge is -2.16. The van der Waals surface area contributed by atoms with Crippen LogP contribution in [0, 0.1) is 0 Å². The minimum absolute atomic E-state index is 0.373. The Labute approximate surface area is 186 Å². The summed E-state index contributed by atoms with van der Waals surface area (Å²) in [5, 5.41) is 0. The summed E-state index contributed by atoms with van der Waals surface area (Å²) in [6.07, 6.45) is 22.1. The van der Waals surface area contributed by atoms with Crippen LogP contribution in [0.15, 0.2) is 0 Å². The van der Waals surface area contributed by atoms with Gasteiger partial charge in [0.25, 0.3) is 0 Å². The van der Waals surface area contributed by atoms with Crippen LogP contribution in [0.4, 0.5) is 0 Å². The molecule has 0 aliphatic rings. The van der Waals surface area contributed by atoms with Gasteiger partial charge in [-0.25, -0.2) is 4.79 Å². The Morgan fingerprint density at radius 1 is 0.600 bits per heavy atom. The second-order valence-corrected chi connectivity index (χ2v) is 8.71. The molecule has 30 heavy (non-hydrogen) atoms. The van der Waals surface area contributed by atoms with Crippen LogP contribution < -0.4 is 0 Å². The molecule has 0 aromatic rings. The van der Waals surface area contributed by atoms with Crippen molar-refractivity contribution in [1.29, 1.82) is 0 Å². The van der Waals surface area contributed by atoms with Crippen LogP contribution >= 0.6 is 0 Å². The summed E-state index contributed by atoms with van der Waals surface area (Å²) in [6.45, 7) is 6.25. The average molecular weight is 427 g/mol. The number of ether oxygens (including phenoxy) is 2. The molecule has 0 rings (SSSR count). The lowest BCUT2D eigenvalue weighted by atomic mass is 10.0. The van der Waals surface area contributed by atoms with E-state index >= 15 is 0 Å². The molecule has 0 amide bonds. The topological polar surface area (TPSA) is 52.6 Å². The van der Waals surface area contributed by atoms with Crippen molar-refractivity contribution in [2.24, 2.45) is 0 Å². The van der Waals surface area contributed by atoms with Gasteiger partial charge in [0.05, 0.1) is 6.61 Å². The van der Waals surface area contributed by atoms with Gasteiger partial charge in [0.2, 0.25) is 0 Å². The van der Waals surface area contributed by atoms with Gasteiger partial charge in [0.15, 0.2) is 6.10 Å². The minimum atomic E-state index is -0.731. The Morgan fingerprint density at radius 3 is 1.43 bits per heavy atom. The quantitative estimate of drug-likeness (QED) is 0.130. The first-order chi connectivity index (χ1) is 14.6. The van der Waals surface area contributed by atoms with Crippen molar-refractivity contribution in [3.05, 3.63) is 0 Å². The molecule has 4 heteroatoms. The van der Waals surface area contributed by atoms with E-state index in [4.69, 9.17) is 9.47 Å². The number of hydrogen-bond acceptors (Lipinski definition) is 4. The maximum atomic E-state index is 12.2. The highest BCUT2D eigenvalue weighted by Gasteiger charge is 2.22. The molecule has 1 unspecified atom stereocenters. The van der Waals surface area contributed by atoms with Crippen molar-refractivity contribution >= 4 is 11.9 Å². The third-order valence-electron chi connectivity index (χ3n) is 5.63. The number of rotatable bonds is 22. The SMILES string of the molecule is CCCCCCCCCCCCCCC(OC(C)=O)C(=O)OCCCCCCCC. The highest BCUT2D eigenvalue weighted by Crippen LogP contribution is 2.15. The molecule has 0 heterocycles. The molecular weight excluding hydrogens is 376 g/mol. The van der Waals surface area contributed by atoms with E-state index in [9.17, 15) is 9.59 Å². The van der Waals surface area contributed by atoms with Gasteiger partial charge in [0.1, 0.15) is 0 Å². The Hall–Kier alpha value is -1.06. The van der Waals surface area contributed by atoms with Crippen LogP contribution in [0.1, 0.15) is 143 Å². The van der Waals surface area contributed by atoms with Gasteiger partial charge in [-0.1, -0.05) is 117 Å². The van der Waals surface area contributed by atoms with Gasteiger partial charge in [-0.2, -0.15) is 0 Å². The fraction of sp³-hybridized carbons (Fsp3) is 0.923. The van der Waals surface area contributed by atoms with Crippen molar-refractivity contribution in [1.82, 2.24) is 0 Å². The van der Waals surface area contributed by atoms with E-state index in [1.165, 1.54) is 96.8 Å². The number of carbonyl (C=O) groups excluding carboxylic acids is 2. The first kappa shape index (κ1) is 28.9. The summed E-state index contributed by atoms with van der Waals surface area (Å²) in [5.74, 6) is -0.780. The maximum absolute atomic E-state index is 12.2. The predicted molar refractivity (Wildman–Crippen MR) is 126 cm³/mol. The smallest absolute Gasteiger partial charge is 0.347 e. The molecule has 0 fully saturated rings. The van der Waals surface area contributed by atoms with Crippen molar-refractivity contribution < 1.29 is 19.1 Å². The van der Waals surface area contributed by atoms with E-state index in [1.54, 1.807) is 0 Å². The Bertz CT molecular complexity index is 394. The van der Waals surface area contributed by atoms with Crippen LogP contribution in [-0.2, 0) is 19.1 Å². The summed E-state index contributed by atoms with van der Waals surface area (Å²) in [4.78, 5) is 23.6. The zero-order valence-electron chi connectivity index (χ0n) is 20.4. The highest BCUT2D eigenvalue weighted by molar-refractivity contribution is 5.78. The van der Waals surface area contributed by atoms with E-state index in [2.05, 4.69) is 13.8 Å². The lowest BCUT2D eigenvalue weighted by molar-refractivity contribution is -0.167. The lowest BCUT2D eigenvalue weighted by Crippen LogP contribution is -2.28. The standard InChI is InChI=1S/C26H50O4/c1-4-6-8-10-12-13-14-15-16-17-18-20-22-25(30-24(3)27)26(28)29-23-21-19-11-9-7-5-2/h25H,4-23H2,1-3H3. The van der Waals surface area contributed by atoms with Gasteiger partial charge in [0, 0.05) is 6.92 Å².